The van der Waals surface area contributed by atoms with Crippen molar-refractivity contribution >= 4 is 17.7 Å². The largest absolute Gasteiger partial charge is 0.444 e. The van der Waals surface area contributed by atoms with E-state index in [9.17, 15) is 19.8 Å². The summed E-state index contributed by atoms with van der Waals surface area (Å²) in [7, 11) is 0. The molecule has 7 heteroatoms. The Morgan fingerprint density at radius 2 is 1.32 bits per heavy atom. The van der Waals surface area contributed by atoms with E-state index < -0.39 is 30.4 Å². The Labute approximate surface area is 224 Å². The number of aliphatic hydroxyl groups is 2. The summed E-state index contributed by atoms with van der Waals surface area (Å²) in [5, 5.41) is 25.6. The van der Waals surface area contributed by atoms with Crippen molar-refractivity contribution in [1.29, 1.82) is 0 Å². The van der Waals surface area contributed by atoms with Gasteiger partial charge in [0.05, 0.1) is 12.6 Å². The molecular weight excluding hydrogens is 468 g/mol. The minimum atomic E-state index is -1.12. The van der Waals surface area contributed by atoms with Crippen molar-refractivity contribution in [3.8, 4) is 0 Å². The molecule has 4 N–H and O–H groups in total. The maximum absolute atomic E-state index is 12.3. The van der Waals surface area contributed by atoms with E-state index in [1.54, 1.807) is 45.0 Å². The van der Waals surface area contributed by atoms with Crippen LogP contribution in [0.5, 0.6) is 0 Å². The lowest BCUT2D eigenvalue weighted by Crippen LogP contribution is -2.44. The van der Waals surface area contributed by atoms with Crippen molar-refractivity contribution in [3.05, 3.63) is 29.8 Å². The summed E-state index contributed by atoms with van der Waals surface area (Å²) in [5.74, 6) is -0.0174. The van der Waals surface area contributed by atoms with Gasteiger partial charge >= 0.3 is 6.09 Å². The van der Waals surface area contributed by atoms with Crippen LogP contribution in [-0.4, -0.2) is 40.5 Å². The molecule has 0 bridgehead atoms. The van der Waals surface area contributed by atoms with Gasteiger partial charge in [-0.05, 0) is 44.9 Å². The molecule has 0 heterocycles. The highest BCUT2D eigenvalue weighted by Gasteiger charge is 2.25. The molecule has 0 fully saturated rings. The Balaban J connectivity index is 2.22. The molecule has 0 aliphatic heterocycles. The third-order valence-electron chi connectivity index (χ3n) is 6.32. The van der Waals surface area contributed by atoms with E-state index in [0.29, 0.717) is 17.7 Å². The van der Waals surface area contributed by atoms with Gasteiger partial charge in [0.2, 0.25) is 5.91 Å². The van der Waals surface area contributed by atoms with E-state index >= 15 is 0 Å². The number of carbonyl (C=O) groups is 2. The number of unbranched alkanes of at least 4 members (excludes halogenated alkanes) is 12. The van der Waals surface area contributed by atoms with Gasteiger partial charge in [-0.25, -0.2) is 4.79 Å². The molecule has 7 nitrogen and oxygen atoms in total. The first-order valence-electron chi connectivity index (χ1n) is 14.3. The number of ether oxygens (including phenoxy) is 1. The second-order valence-electron chi connectivity index (χ2n) is 11.0. The average molecular weight is 521 g/mol. The Hall–Kier alpha value is -2.12. The Morgan fingerprint density at radius 1 is 0.838 bits per heavy atom. The quantitative estimate of drug-likeness (QED) is 0.147. The zero-order valence-corrected chi connectivity index (χ0v) is 23.7. The maximum Gasteiger partial charge on any atom is 0.408 e. The van der Waals surface area contributed by atoms with Crippen LogP contribution in [0.15, 0.2) is 24.3 Å². The van der Waals surface area contributed by atoms with E-state index in [-0.39, 0.29) is 5.91 Å². The van der Waals surface area contributed by atoms with Gasteiger partial charge < -0.3 is 25.6 Å². The number of benzene rings is 1. The van der Waals surface area contributed by atoms with Gasteiger partial charge in [0.15, 0.2) is 0 Å². The van der Waals surface area contributed by atoms with Crippen LogP contribution in [0.3, 0.4) is 0 Å². The third kappa shape index (κ3) is 16.4. The molecule has 0 saturated heterocycles. The zero-order valence-electron chi connectivity index (χ0n) is 23.7. The predicted molar refractivity (Wildman–Crippen MR) is 151 cm³/mol. The smallest absolute Gasteiger partial charge is 0.408 e. The van der Waals surface area contributed by atoms with E-state index in [4.69, 9.17) is 4.74 Å². The summed E-state index contributed by atoms with van der Waals surface area (Å²) in [5.41, 5.74) is 0.489. The number of anilines is 1. The van der Waals surface area contributed by atoms with Crippen molar-refractivity contribution in [2.75, 3.05) is 11.9 Å². The van der Waals surface area contributed by atoms with Crippen molar-refractivity contribution in [2.24, 2.45) is 0 Å². The number of nitrogens with one attached hydrogen (secondary N) is 2. The number of alkyl carbamates (subject to hydrolysis) is 1. The number of amides is 2. The summed E-state index contributed by atoms with van der Waals surface area (Å²) >= 11 is 0. The van der Waals surface area contributed by atoms with E-state index in [1.165, 1.54) is 70.6 Å². The van der Waals surface area contributed by atoms with Gasteiger partial charge in [0, 0.05) is 12.1 Å². The first-order valence-corrected chi connectivity index (χ1v) is 14.3. The summed E-state index contributed by atoms with van der Waals surface area (Å²) in [6, 6.07) is 5.85. The summed E-state index contributed by atoms with van der Waals surface area (Å²) < 4.78 is 5.19. The maximum atomic E-state index is 12.3. The van der Waals surface area contributed by atoms with Crippen LogP contribution in [-0.2, 0) is 9.53 Å². The van der Waals surface area contributed by atoms with Crippen molar-refractivity contribution in [2.45, 2.75) is 135 Å². The van der Waals surface area contributed by atoms with Gasteiger partial charge in [-0.2, -0.15) is 0 Å². The summed E-state index contributed by atoms with van der Waals surface area (Å²) in [4.78, 5) is 24.2. The lowest BCUT2D eigenvalue weighted by Gasteiger charge is -2.25. The summed E-state index contributed by atoms with van der Waals surface area (Å²) in [6.07, 6.45) is 15.2. The molecule has 1 rings (SSSR count). The van der Waals surface area contributed by atoms with Crippen molar-refractivity contribution in [1.82, 2.24) is 5.32 Å². The average Bonchev–Trinajstić information content (AvgIpc) is 2.84. The highest BCUT2D eigenvalue weighted by Crippen LogP contribution is 2.20. The molecule has 0 aliphatic rings. The highest BCUT2D eigenvalue weighted by atomic mass is 16.6. The topological polar surface area (TPSA) is 108 Å². The first kappa shape index (κ1) is 32.9. The van der Waals surface area contributed by atoms with Crippen LogP contribution < -0.4 is 10.6 Å². The predicted octanol–water partition coefficient (Wildman–Crippen LogP) is 7.03. The minimum absolute atomic E-state index is 0.0174. The number of aliphatic hydroxyl groups excluding tert-OH is 2. The number of rotatable bonds is 19. The molecule has 0 spiro atoms. The monoisotopic (exact) mass is 520 g/mol. The Bertz CT molecular complexity index is 745. The molecule has 0 aromatic heterocycles. The van der Waals surface area contributed by atoms with Gasteiger partial charge in [-0.3, -0.25) is 4.79 Å². The molecule has 2 atom stereocenters. The van der Waals surface area contributed by atoms with Crippen molar-refractivity contribution < 1.29 is 24.5 Å². The Morgan fingerprint density at radius 3 is 1.78 bits per heavy atom. The normalized spacial score (nSPS) is 13.1. The molecule has 0 unspecified atom stereocenters. The second-order valence-corrected chi connectivity index (χ2v) is 11.0. The van der Waals surface area contributed by atoms with E-state index in [2.05, 4.69) is 17.6 Å². The highest BCUT2D eigenvalue weighted by molar-refractivity contribution is 5.90. The molecule has 0 aliphatic carbocycles. The standard InChI is InChI=1S/C30H52N2O5/c1-5-6-7-8-9-10-11-12-13-14-15-16-17-18-27(34)31-25-21-19-24(20-22-25)28(35)26(23-33)32-29(36)37-30(2,3)4/h19-22,26,28,33,35H,5-18,23H2,1-4H3,(H,31,34)(H,32,36)/t26-,28+/m1/s1. The van der Waals surface area contributed by atoms with Gasteiger partial charge in [-0.1, -0.05) is 96.1 Å². The van der Waals surface area contributed by atoms with Crippen LogP contribution in [0.25, 0.3) is 0 Å². The first-order chi connectivity index (χ1) is 17.7. The molecular formula is C30H52N2O5. The molecule has 1 aromatic rings. The lowest BCUT2D eigenvalue weighted by molar-refractivity contribution is -0.116. The second kappa shape index (κ2) is 19.0. The van der Waals surface area contributed by atoms with Crippen LogP contribution in [0.2, 0.25) is 0 Å². The minimum Gasteiger partial charge on any atom is -0.444 e. The fourth-order valence-electron chi connectivity index (χ4n) is 4.21. The zero-order chi connectivity index (χ0) is 27.5. The molecule has 1 aromatic carbocycles. The van der Waals surface area contributed by atoms with Gasteiger partial charge in [0.25, 0.3) is 0 Å². The van der Waals surface area contributed by atoms with Gasteiger partial charge in [0.1, 0.15) is 11.7 Å². The van der Waals surface area contributed by atoms with Crippen molar-refractivity contribution in [3.63, 3.8) is 0 Å². The SMILES string of the molecule is CCCCCCCCCCCCCCCC(=O)Nc1ccc([C@H](O)[C@@H](CO)NC(=O)OC(C)(C)C)cc1. The lowest BCUT2D eigenvalue weighted by atomic mass is 10.0. The number of carbonyl (C=O) groups excluding carboxylic acids is 2. The van der Waals surface area contributed by atoms with Crippen LogP contribution in [0, 0.1) is 0 Å². The molecule has 0 radical (unpaired) electrons. The van der Waals surface area contributed by atoms with Gasteiger partial charge in [-0.15, -0.1) is 0 Å². The summed E-state index contributed by atoms with van der Waals surface area (Å²) in [6.45, 7) is 7.02. The fourth-order valence-corrected chi connectivity index (χ4v) is 4.21. The van der Waals surface area contributed by atoms with E-state index in [1.807, 2.05) is 0 Å². The van der Waals surface area contributed by atoms with Crippen LogP contribution >= 0.6 is 0 Å². The molecule has 2 amide bonds. The number of hydrogen-bond donors (Lipinski definition) is 4. The van der Waals surface area contributed by atoms with Crippen LogP contribution in [0.4, 0.5) is 10.5 Å². The molecule has 212 valence electrons. The fraction of sp³-hybridized carbons (Fsp3) is 0.733. The van der Waals surface area contributed by atoms with E-state index in [0.717, 1.165) is 12.8 Å². The Kier molecular flexibility index (Phi) is 16.9. The van der Waals surface area contributed by atoms with Crippen LogP contribution in [0.1, 0.15) is 129 Å². The third-order valence-corrected chi connectivity index (χ3v) is 6.32. The molecule has 0 saturated carbocycles. The molecule has 37 heavy (non-hydrogen) atoms. The number of hydrogen-bond acceptors (Lipinski definition) is 5.